The Labute approximate surface area is 94.5 Å². The van der Waals surface area contributed by atoms with Crippen LogP contribution in [0.1, 0.15) is 37.9 Å². The van der Waals surface area contributed by atoms with E-state index in [1.54, 1.807) is 12.5 Å². The lowest BCUT2D eigenvalue weighted by Gasteiger charge is -2.05. The summed E-state index contributed by atoms with van der Waals surface area (Å²) in [7, 11) is 0. The zero-order chi connectivity index (χ0) is 10.8. The van der Waals surface area contributed by atoms with Gasteiger partial charge in [-0.25, -0.2) is 15.0 Å². The fourth-order valence-electron chi connectivity index (χ4n) is 2.57. The molecule has 3 rings (SSSR count). The number of aromatic nitrogens is 4. The smallest absolute Gasteiger partial charge is 0.180 e. The van der Waals surface area contributed by atoms with Gasteiger partial charge in [0.2, 0.25) is 0 Å². The molecule has 0 radical (unpaired) electrons. The number of aryl methyl sites for hydroxylation is 1. The maximum absolute atomic E-state index is 4.47. The van der Waals surface area contributed by atoms with E-state index in [-0.39, 0.29) is 0 Å². The number of fused-ring (bicyclic) bond motifs is 1. The fraction of sp³-hybridized carbons (Fsp3) is 0.583. The van der Waals surface area contributed by atoms with Crippen LogP contribution < -0.4 is 0 Å². The topological polar surface area (TPSA) is 54.5 Å². The molecular formula is C12H16N4. The van der Waals surface area contributed by atoms with Gasteiger partial charge in [-0.15, -0.1) is 0 Å². The van der Waals surface area contributed by atoms with Crippen LogP contribution >= 0.6 is 0 Å². The molecule has 1 fully saturated rings. The Kier molecular flexibility index (Phi) is 2.56. The number of hydrogen-bond donors (Lipinski definition) is 1. The third kappa shape index (κ3) is 1.92. The molecule has 1 saturated carbocycles. The molecule has 1 aliphatic rings. The third-order valence-corrected chi connectivity index (χ3v) is 3.48. The Morgan fingerprint density at radius 2 is 2.19 bits per heavy atom. The zero-order valence-corrected chi connectivity index (χ0v) is 9.32. The van der Waals surface area contributed by atoms with Crippen LogP contribution in [0.2, 0.25) is 0 Å². The van der Waals surface area contributed by atoms with Crippen molar-refractivity contribution >= 4 is 11.2 Å². The first kappa shape index (κ1) is 9.75. The molecule has 1 aliphatic carbocycles. The Morgan fingerprint density at radius 1 is 1.31 bits per heavy atom. The second-order valence-electron chi connectivity index (χ2n) is 4.63. The van der Waals surface area contributed by atoms with E-state index >= 15 is 0 Å². The summed E-state index contributed by atoms with van der Waals surface area (Å²) in [6, 6.07) is 0. The summed E-state index contributed by atoms with van der Waals surface area (Å²) in [6.07, 6.45) is 11.3. The molecule has 4 heteroatoms. The van der Waals surface area contributed by atoms with Gasteiger partial charge in [-0.2, -0.15) is 0 Å². The van der Waals surface area contributed by atoms with Crippen molar-refractivity contribution in [3.05, 3.63) is 18.3 Å². The third-order valence-electron chi connectivity index (χ3n) is 3.48. The van der Waals surface area contributed by atoms with Crippen molar-refractivity contribution in [3.8, 4) is 0 Å². The van der Waals surface area contributed by atoms with Crippen LogP contribution in [0.25, 0.3) is 11.2 Å². The number of aromatic amines is 1. The van der Waals surface area contributed by atoms with Crippen LogP contribution in [-0.4, -0.2) is 19.9 Å². The molecule has 0 spiro atoms. The zero-order valence-electron chi connectivity index (χ0n) is 9.32. The van der Waals surface area contributed by atoms with Gasteiger partial charge in [-0.05, 0) is 12.3 Å². The number of nitrogens with one attached hydrogen (secondary N) is 1. The molecular weight excluding hydrogens is 200 g/mol. The molecule has 0 atom stereocenters. The SMILES string of the molecule is c1ncc2[nH]c(CCC3CCCC3)nc2n1. The summed E-state index contributed by atoms with van der Waals surface area (Å²) in [4.78, 5) is 15.9. The average Bonchev–Trinajstić information content (AvgIpc) is 2.95. The Morgan fingerprint density at radius 3 is 3.00 bits per heavy atom. The van der Waals surface area contributed by atoms with E-state index in [1.165, 1.54) is 32.1 Å². The van der Waals surface area contributed by atoms with Crippen molar-refractivity contribution in [2.45, 2.75) is 38.5 Å². The molecule has 84 valence electrons. The molecule has 0 saturated heterocycles. The van der Waals surface area contributed by atoms with Crippen molar-refractivity contribution in [1.82, 2.24) is 19.9 Å². The summed E-state index contributed by atoms with van der Waals surface area (Å²) in [5.41, 5.74) is 1.74. The highest BCUT2D eigenvalue weighted by atomic mass is 15.0. The summed E-state index contributed by atoms with van der Waals surface area (Å²) in [6.45, 7) is 0. The van der Waals surface area contributed by atoms with Gasteiger partial charge in [0.05, 0.1) is 6.20 Å². The van der Waals surface area contributed by atoms with Gasteiger partial charge >= 0.3 is 0 Å². The molecule has 16 heavy (non-hydrogen) atoms. The molecule has 2 heterocycles. The van der Waals surface area contributed by atoms with Gasteiger partial charge in [0.25, 0.3) is 0 Å². The van der Waals surface area contributed by atoms with Gasteiger partial charge in [0, 0.05) is 6.42 Å². The highest BCUT2D eigenvalue weighted by molar-refractivity contribution is 5.68. The number of H-pyrrole nitrogens is 1. The van der Waals surface area contributed by atoms with Gasteiger partial charge in [0.15, 0.2) is 5.65 Å². The first-order chi connectivity index (χ1) is 7.92. The minimum atomic E-state index is 0.788. The lowest BCUT2D eigenvalue weighted by Crippen LogP contribution is -1.97. The molecule has 2 aromatic rings. The van der Waals surface area contributed by atoms with Crippen molar-refractivity contribution < 1.29 is 0 Å². The van der Waals surface area contributed by atoms with Crippen molar-refractivity contribution in [2.75, 3.05) is 0 Å². The molecule has 0 aromatic carbocycles. The number of hydrogen-bond acceptors (Lipinski definition) is 3. The lowest BCUT2D eigenvalue weighted by molar-refractivity contribution is 0.498. The number of nitrogens with zero attached hydrogens (tertiary/aromatic N) is 3. The lowest BCUT2D eigenvalue weighted by atomic mass is 10.0. The molecule has 2 aromatic heterocycles. The molecule has 4 nitrogen and oxygen atoms in total. The second-order valence-corrected chi connectivity index (χ2v) is 4.63. The Balaban J connectivity index is 1.69. The van der Waals surface area contributed by atoms with E-state index in [0.29, 0.717) is 0 Å². The first-order valence-corrected chi connectivity index (χ1v) is 6.06. The van der Waals surface area contributed by atoms with E-state index in [1.807, 2.05) is 0 Å². The summed E-state index contributed by atoms with van der Waals surface area (Å²) >= 11 is 0. The molecule has 0 aliphatic heterocycles. The van der Waals surface area contributed by atoms with Gasteiger partial charge in [0.1, 0.15) is 17.7 Å². The predicted molar refractivity (Wildman–Crippen MR) is 62.0 cm³/mol. The highest BCUT2D eigenvalue weighted by Crippen LogP contribution is 2.28. The highest BCUT2D eigenvalue weighted by Gasteiger charge is 2.15. The summed E-state index contributed by atoms with van der Waals surface area (Å²) < 4.78 is 0. The molecule has 1 N–H and O–H groups in total. The Bertz CT molecular complexity index is 438. The minimum Gasteiger partial charge on any atom is -0.339 e. The monoisotopic (exact) mass is 216 g/mol. The quantitative estimate of drug-likeness (QED) is 0.857. The maximum atomic E-state index is 4.47. The van der Waals surface area contributed by atoms with E-state index in [4.69, 9.17) is 0 Å². The number of imidazole rings is 1. The second kappa shape index (κ2) is 4.20. The average molecular weight is 216 g/mol. The summed E-state index contributed by atoms with van der Waals surface area (Å²) in [5, 5.41) is 0. The van der Waals surface area contributed by atoms with Crippen LogP contribution in [-0.2, 0) is 6.42 Å². The van der Waals surface area contributed by atoms with E-state index in [2.05, 4.69) is 19.9 Å². The van der Waals surface area contributed by atoms with Crippen LogP contribution in [0, 0.1) is 5.92 Å². The molecule has 0 unspecified atom stereocenters. The normalized spacial score (nSPS) is 17.2. The van der Waals surface area contributed by atoms with Gasteiger partial charge in [-0.1, -0.05) is 25.7 Å². The van der Waals surface area contributed by atoms with Crippen LogP contribution in [0.5, 0.6) is 0 Å². The predicted octanol–water partition coefficient (Wildman–Crippen LogP) is 2.48. The van der Waals surface area contributed by atoms with Crippen molar-refractivity contribution in [2.24, 2.45) is 5.92 Å². The van der Waals surface area contributed by atoms with Crippen molar-refractivity contribution in [1.29, 1.82) is 0 Å². The van der Waals surface area contributed by atoms with E-state index in [0.717, 1.165) is 29.3 Å². The molecule has 0 bridgehead atoms. The molecule has 0 amide bonds. The van der Waals surface area contributed by atoms with E-state index < -0.39 is 0 Å². The Hall–Kier alpha value is -1.45. The fourth-order valence-corrected chi connectivity index (χ4v) is 2.57. The van der Waals surface area contributed by atoms with Crippen molar-refractivity contribution in [3.63, 3.8) is 0 Å². The maximum Gasteiger partial charge on any atom is 0.180 e. The van der Waals surface area contributed by atoms with Crippen LogP contribution in [0.4, 0.5) is 0 Å². The van der Waals surface area contributed by atoms with E-state index in [9.17, 15) is 0 Å². The standard InChI is InChI=1S/C12H16N4/c1-2-4-9(3-1)5-6-11-15-10-7-13-8-14-12(10)16-11/h7-9H,1-6H2,(H,13,14,15,16). The summed E-state index contributed by atoms with van der Waals surface area (Å²) in [5.74, 6) is 1.97. The van der Waals surface area contributed by atoms with Gasteiger partial charge in [-0.3, -0.25) is 0 Å². The minimum absolute atomic E-state index is 0.788. The van der Waals surface area contributed by atoms with Gasteiger partial charge < -0.3 is 4.98 Å². The largest absolute Gasteiger partial charge is 0.339 e. The first-order valence-electron chi connectivity index (χ1n) is 6.06. The van der Waals surface area contributed by atoms with Crippen LogP contribution in [0.15, 0.2) is 12.5 Å². The number of rotatable bonds is 3. The van der Waals surface area contributed by atoms with Crippen LogP contribution in [0.3, 0.4) is 0 Å².